The van der Waals surface area contributed by atoms with Gasteiger partial charge < -0.3 is 4.98 Å². The molecule has 0 bridgehead atoms. The van der Waals surface area contributed by atoms with Gasteiger partial charge in [0.2, 0.25) is 0 Å². The predicted molar refractivity (Wildman–Crippen MR) is 78.8 cm³/mol. The van der Waals surface area contributed by atoms with Gasteiger partial charge in [0.1, 0.15) is 0 Å². The summed E-state index contributed by atoms with van der Waals surface area (Å²) >= 11 is 0. The topological polar surface area (TPSA) is 73.7 Å². The van der Waals surface area contributed by atoms with E-state index in [2.05, 4.69) is 4.98 Å². The molecule has 4 nitrogen and oxygen atoms in total. The molecule has 1 aromatic heterocycles. The third kappa shape index (κ3) is 2.15. The lowest BCUT2D eigenvalue weighted by atomic mass is 9.76. The lowest BCUT2D eigenvalue weighted by molar-refractivity contribution is -0.126. The van der Waals surface area contributed by atoms with Crippen molar-refractivity contribution in [1.82, 2.24) is 4.98 Å². The SMILES string of the molecule is Cc1[nH]c2ccccc2c1C(=O)[C@@H](C#N)C(=O)C1CCC1. The summed E-state index contributed by atoms with van der Waals surface area (Å²) in [6.07, 6.45) is 2.61. The van der Waals surface area contributed by atoms with Gasteiger partial charge in [0.05, 0.1) is 6.07 Å². The molecule has 1 atom stereocenters. The van der Waals surface area contributed by atoms with Crippen LogP contribution in [0.4, 0.5) is 0 Å². The van der Waals surface area contributed by atoms with Crippen molar-refractivity contribution in [3.05, 3.63) is 35.5 Å². The van der Waals surface area contributed by atoms with Crippen molar-refractivity contribution in [3.63, 3.8) is 0 Å². The molecular formula is C17H16N2O2. The van der Waals surface area contributed by atoms with Crippen LogP contribution in [0.5, 0.6) is 0 Å². The zero-order valence-corrected chi connectivity index (χ0v) is 11.8. The molecule has 1 aliphatic carbocycles. The number of fused-ring (bicyclic) bond motifs is 1. The predicted octanol–water partition coefficient (Wildman–Crippen LogP) is 3.17. The maximum atomic E-state index is 12.7. The van der Waals surface area contributed by atoms with Crippen LogP contribution < -0.4 is 0 Å². The van der Waals surface area contributed by atoms with Crippen molar-refractivity contribution in [2.75, 3.05) is 0 Å². The highest BCUT2D eigenvalue weighted by molar-refractivity contribution is 6.19. The Balaban J connectivity index is 2.01. The first kappa shape index (κ1) is 13.6. The van der Waals surface area contributed by atoms with E-state index < -0.39 is 5.92 Å². The minimum atomic E-state index is -1.17. The first-order valence-electron chi connectivity index (χ1n) is 7.18. The normalized spacial score (nSPS) is 16.2. The third-order valence-electron chi connectivity index (χ3n) is 4.32. The maximum Gasteiger partial charge on any atom is 0.189 e. The average Bonchev–Trinajstić information content (AvgIpc) is 2.73. The number of aromatic nitrogens is 1. The molecule has 1 saturated carbocycles. The molecule has 1 N–H and O–H groups in total. The van der Waals surface area contributed by atoms with Crippen LogP contribution >= 0.6 is 0 Å². The monoisotopic (exact) mass is 280 g/mol. The van der Waals surface area contributed by atoms with E-state index in [1.807, 2.05) is 30.3 Å². The van der Waals surface area contributed by atoms with Gasteiger partial charge in [-0.15, -0.1) is 0 Å². The first-order chi connectivity index (χ1) is 10.1. The van der Waals surface area contributed by atoms with Gasteiger partial charge in [-0.25, -0.2) is 0 Å². The van der Waals surface area contributed by atoms with Gasteiger partial charge in [0.15, 0.2) is 17.5 Å². The number of Topliss-reactive ketones (excluding diaryl/α,β-unsaturated/α-hetero) is 2. The van der Waals surface area contributed by atoms with Crippen LogP contribution in [0.3, 0.4) is 0 Å². The Labute approximate surface area is 122 Å². The lowest BCUT2D eigenvalue weighted by Gasteiger charge is -2.25. The van der Waals surface area contributed by atoms with Crippen LogP contribution in [0.15, 0.2) is 24.3 Å². The smallest absolute Gasteiger partial charge is 0.189 e. The van der Waals surface area contributed by atoms with E-state index in [0.717, 1.165) is 30.2 Å². The maximum absolute atomic E-state index is 12.7. The number of nitrogens with zero attached hydrogens (tertiary/aromatic N) is 1. The minimum absolute atomic E-state index is 0.107. The molecule has 0 amide bonds. The Morgan fingerprint density at radius 3 is 2.67 bits per heavy atom. The van der Waals surface area contributed by atoms with Gasteiger partial charge >= 0.3 is 0 Å². The second-order valence-electron chi connectivity index (χ2n) is 5.63. The van der Waals surface area contributed by atoms with Gasteiger partial charge in [-0.1, -0.05) is 24.6 Å². The number of carbonyl (C=O) groups excluding carboxylic acids is 2. The molecule has 0 aliphatic heterocycles. The third-order valence-corrected chi connectivity index (χ3v) is 4.32. The Morgan fingerprint density at radius 2 is 2.05 bits per heavy atom. The van der Waals surface area contributed by atoms with E-state index in [4.69, 9.17) is 0 Å². The number of H-pyrrole nitrogens is 1. The molecule has 0 saturated heterocycles. The number of aromatic amines is 1. The van der Waals surface area contributed by atoms with Gasteiger partial charge in [-0.2, -0.15) is 5.26 Å². The average molecular weight is 280 g/mol. The molecular weight excluding hydrogens is 264 g/mol. The number of hydrogen-bond donors (Lipinski definition) is 1. The minimum Gasteiger partial charge on any atom is -0.358 e. The van der Waals surface area contributed by atoms with Crippen molar-refractivity contribution < 1.29 is 9.59 Å². The molecule has 1 aromatic carbocycles. The van der Waals surface area contributed by atoms with Crippen molar-refractivity contribution in [2.45, 2.75) is 26.2 Å². The van der Waals surface area contributed by atoms with Crippen LogP contribution in [0, 0.1) is 30.1 Å². The summed E-state index contributed by atoms with van der Waals surface area (Å²) in [5.74, 6) is -1.86. The van der Waals surface area contributed by atoms with Crippen molar-refractivity contribution >= 4 is 22.5 Å². The number of nitriles is 1. The number of rotatable bonds is 4. The van der Waals surface area contributed by atoms with Gasteiger partial charge in [-0.3, -0.25) is 9.59 Å². The summed E-state index contributed by atoms with van der Waals surface area (Å²) in [5, 5.41) is 10.1. The van der Waals surface area contributed by atoms with E-state index in [9.17, 15) is 14.9 Å². The standard InChI is InChI=1S/C17H16N2O2/c1-10-15(12-7-2-3-8-14(12)19-10)17(21)13(9-18)16(20)11-5-4-6-11/h2-3,7-8,11,13,19H,4-6H2,1H3/t13-/m0/s1. The van der Waals surface area contributed by atoms with Gasteiger partial charge in [0, 0.05) is 28.1 Å². The fraction of sp³-hybridized carbons (Fsp3) is 0.353. The summed E-state index contributed by atoms with van der Waals surface area (Å²) < 4.78 is 0. The zero-order valence-electron chi connectivity index (χ0n) is 11.8. The summed E-state index contributed by atoms with van der Waals surface area (Å²) in [4.78, 5) is 28.1. The molecule has 1 fully saturated rings. The second kappa shape index (κ2) is 5.17. The van der Waals surface area contributed by atoms with Crippen molar-refractivity contribution in [1.29, 1.82) is 5.26 Å². The van der Waals surface area contributed by atoms with Crippen LogP contribution in [0.25, 0.3) is 10.9 Å². The van der Waals surface area contributed by atoms with Crippen LogP contribution in [0.2, 0.25) is 0 Å². The zero-order chi connectivity index (χ0) is 15.0. The first-order valence-corrected chi connectivity index (χ1v) is 7.18. The number of para-hydroxylation sites is 1. The molecule has 106 valence electrons. The summed E-state index contributed by atoms with van der Waals surface area (Å²) in [5.41, 5.74) is 2.04. The highest BCUT2D eigenvalue weighted by atomic mass is 16.2. The van der Waals surface area contributed by atoms with E-state index in [1.165, 1.54) is 0 Å². The van der Waals surface area contributed by atoms with E-state index in [0.29, 0.717) is 11.3 Å². The molecule has 0 spiro atoms. The van der Waals surface area contributed by atoms with E-state index >= 15 is 0 Å². The fourth-order valence-electron chi connectivity index (χ4n) is 2.92. The molecule has 4 heteroatoms. The molecule has 3 rings (SSSR count). The lowest BCUT2D eigenvalue weighted by Crippen LogP contribution is -2.32. The van der Waals surface area contributed by atoms with E-state index in [1.54, 1.807) is 6.92 Å². The Kier molecular flexibility index (Phi) is 3.34. The molecule has 0 radical (unpaired) electrons. The largest absolute Gasteiger partial charge is 0.358 e. The Hall–Kier alpha value is -2.41. The van der Waals surface area contributed by atoms with Gasteiger partial charge in [-0.05, 0) is 25.8 Å². The molecule has 0 unspecified atom stereocenters. The number of ketones is 2. The highest BCUT2D eigenvalue weighted by Gasteiger charge is 2.37. The molecule has 2 aromatic rings. The summed E-state index contributed by atoms with van der Waals surface area (Å²) in [7, 11) is 0. The van der Waals surface area contributed by atoms with Gasteiger partial charge in [0.25, 0.3) is 0 Å². The quantitative estimate of drug-likeness (QED) is 0.690. The number of carbonyl (C=O) groups is 2. The molecule has 21 heavy (non-hydrogen) atoms. The number of hydrogen-bond acceptors (Lipinski definition) is 3. The van der Waals surface area contributed by atoms with Crippen LogP contribution in [-0.4, -0.2) is 16.6 Å². The second-order valence-corrected chi connectivity index (χ2v) is 5.63. The van der Waals surface area contributed by atoms with Crippen LogP contribution in [-0.2, 0) is 4.79 Å². The number of benzene rings is 1. The fourth-order valence-corrected chi connectivity index (χ4v) is 2.92. The van der Waals surface area contributed by atoms with E-state index in [-0.39, 0.29) is 17.5 Å². The summed E-state index contributed by atoms with van der Waals surface area (Å²) in [6, 6.07) is 9.37. The highest BCUT2D eigenvalue weighted by Crippen LogP contribution is 2.32. The van der Waals surface area contributed by atoms with Crippen LogP contribution in [0.1, 0.15) is 35.3 Å². The number of nitrogens with one attached hydrogen (secondary N) is 1. The Bertz CT molecular complexity index is 763. The summed E-state index contributed by atoms with van der Waals surface area (Å²) in [6.45, 7) is 1.80. The number of aryl methyl sites for hydroxylation is 1. The van der Waals surface area contributed by atoms with Crippen molar-refractivity contribution in [3.8, 4) is 6.07 Å². The Morgan fingerprint density at radius 1 is 1.33 bits per heavy atom. The van der Waals surface area contributed by atoms with Crippen molar-refractivity contribution in [2.24, 2.45) is 11.8 Å². The molecule has 1 heterocycles. The molecule has 1 aliphatic rings.